The normalized spacial score (nSPS) is 27.6. The molecule has 0 saturated carbocycles. The van der Waals surface area contributed by atoms with Crippen molar-refractivity contribution >= 4 is 14.3 Å². The molecule has 0 amide bonds. The lowest BCUT2D eigenvalue weighted by atomic mass is 10.0. The topological polar surface area (TPSA) is 49.8 Å². The number of aliphatic carboxylic acids is 1. The summed E-state index contributed by atoms with van der Waals surface area (Å²) in [7, 11) is -0.0213. The number of carboxylic acids is 1. The van der Waals surface area contributed by atoms with Crippen LogP contribution in [0.2, 0.25) is 18.1 Å². The number of nitrogens with zero attached hydrogens (tertiary/aromatic N) is 1. The number of likely N-dealkylation sites (N-methyl/N-ethyl adjacent to an activating group) is 1. The van der Waals surface area contributed by atoms with Gasteiger partial charge in [-0.1, -0.05) is 20.8 Å². The Morgan fingerprint density at radius 2 is 1.94 bits per heavy atom. The fourth-order valence-corrected chi connectivity index (χ4v) is 2.96. The Morgan fingerprint density at radius 1 is 1.44 bits per heavy atom. The Morgan fingerprint density at radius 3 is 2.25 bits per heavy atom. The lowest BCUT2D eigenvalue weighted by Gasteiger charge is -2.48. The van der Waals surface area contributed by atoms with E-state index in [0.717, 1.165) is 6.54 Å². The molecule has 0 unspecified atom stereocenters. The van der Waals surface area contributed by atoms with E-state index in [2.05, 4.69) is 33.9 Å². The summed E-state index contributed by atoms with van der Waals surface area (Å²) in [5.41, 5.74) is 0. The Kier molecular flexibility index (Phi) is 3.52. The molecule has 2 atom stereocenters. The zero-order valence-electron chi connectivity index (χ0n) is 11.1. The third-order valence-electron chi connectivity index (χ3n) is 3.80. The smallest absolute Gasteiger partial charge is 0.323 e. The molecule has 0 aromatic heterocycles. The SMILES string of the molecule is CN1C[C@H](O[Si](C)(C)C(C)(C)C)[C@H]1C(=O)O. The summed E-state index contributed by atoms with van der Waals surface area (Å²) in [5, 5.41) is 9.20. The van der Waals surface area contributed by atoms with Crippen LogP contribution in [0.3, 0.4) is 0 Å². The maximum Gasteiger partial charge on any atom is 0.323 e. The van der Waals surface area contributed by atoms with Gasteiger partial charge in [-0.3, -0.25) is 9.69 Å². The summed E-state index contributed by atoms with van der Waals surface area (Å²) < 4.78 is 6.10. The van der Waals surface area contributed by atoms with Crippen LogP contribution in [0.15, 0.2) is 0 Å². The monoisotopic (exact) mass is 245 g/mol. The standard InChI is InChI=1S/C11H23NO3Si/c1-11(2,3)16(5,6)15-8-7-12(4)9(8)10(13)14/h8-9H,7H2,1-6H3,(H,13,14)/t8-,9-/m0/s1. The van der Waals surface area contributed by atoms with Crippen LogP contribution in [0.5, 0.6) is 0 Å². The van der Waals surface area contributed by atoms with Crippen molar-refractivity contribution in [3.63, 3.8) is 0 Å². The van der Waals surface area contributed by atoms with E-state index in [1.165, 1.54) is 0 Å². The molecule has 0 aromatic rings. The quantitative estimate of drug-likeness (QED) is 0.770. The molecule has 1 heterocycles. The molecule has 0 radical (unpaired) electrons. The molecule has 1 fully saturated rings. The molecule has 0 aliphatic carbocycles. The number of hydrogen-bond acceptors (Lipinski definition) is 3. The third-order valence-corrected chi connectivity index (χ3v) is 8.30. The van der Waals surface area contributed by atoms with Crippen LogP contribution in [0.4, 0.5) is 0 Å². The van der Waals surface area contributed by atoms with Gasteiger partial charge in [-0.15, -0.1) is 0 Å². The van der Waals surface area contributed by atoms with Gasteiger partial charge in [0, 0.05) is 6.54 Å². The predicted octanol–water partition coefficient (Wildman–Crippen LogP) is 1.78. The number of rotatable bonds is 3. The largest absolute Gasteiger partial charge is 0.480 e. The molecular weight excluding hydrogens is 222 g/mol. The summed E-state index contributed by atoms with van der Waals surface area (Å²) >= 11 is 0. The van der Waals surface area contributed by atoms with Crippen LogP contribution < -0.4 is 0 Å². The van der Waals surface area contributed by atoms with E-state index in [1.807, 2.05) is 11.9 Å². The second kappa shape index (κ2) is 4.12. The molecule has 4 nitrogen and oxygen atoms in total. The Labute approximate surface area is 98.7 Å². The van der Waals surface area contributed by atoms with E-state index in [0.29, 0.717) is 0 Å². The number of carboxylic acid groups (broad SMARTS) is 1. The van der Waals surface area contributed by atoms with Crippen molar-refractivity contribution in [3.8, 4) is 0 Å². The number of likely N-dealkylation sites (tertiary alicyclic amines) is 1. The van der Waals surface area contributed by atoms with Crippen molar-refractivity contribution in [1.82, 2.24) is 4.90 Å². The Balaban J connectivity index is 2.66. The average molecular weight is 245 g/mol. The van der Waals surface area contributed by atoms with Crippen molar-refractivity contribution in [2.24, 2.45) is 0 Å². The second-order valence-electron chi connectivity index (χ2n) is 6.14. The molecule has 0 spiro atoms. The minimum Gasteiger partial charge on any atom is -0.480 e. The van der Waals surface area contributed by atoms with E-state index >= 15 is 0 Å². The highest BCUT2D eigenvalue weighted by molar-refractivity contribution is 6.74. The molecule has 94 valence electrons. The molecule has 1 saturated heterocycles. The van der Waals surface area contributed by atoms with Gasteiger partial charge in [0.05, 0.1) is 6.10 Å². The third kappa shape index (κ3) is 2.47. The van der Waals surface area contributed by atoms with Crippen molar-refractivity contribution in [2.75, 3.05) is 13.6 Å². The van der Waals surface area contributed by atoms with E-state index in [9.17, 15) is 4.79 Å². The van der Waals surface area contributed by atoms with E-state index in [4.69, 9.17) is 9.53 Å². The van der Waals surface area contributed by atoms with E-state index in [1.54, 1.807) is 0 Å². The van der Waals surface area contributed by atoms with Crippen LogP contribution in [0.1, 0.15) is 20.8 Å². The summed E-state index contributed by atoms with van der Waals surface area (Å²) in [5.74, 6) is -0.780. The van der Waals surface area contributed by atoms with Crippen molar-refractivity contribution < 1.29 is 14.3 Å². The van der Waals surface area contributed by atoms with Crippen molar-refractivity contribution in [3.05, 3.63) is 0 Å². The van der Waals surface area contributed by atoms with E-state index < -0.39 is 20.3 Å². The highest BCUT2D eigenvalue weighted by Gasteiger charge is 2.48. The molecular formula is C11H23NO3Si. The zero-order chi connectivity index (χ0) is 12.7. The fraction of sp³-hybridized carbons (Fsp3) is 0.909. The molecule has 16 heavy (non-hydrogen) atoms. The summed E-state index contributed by atoms with van der Waals surface area (Å²) in [6, 6.07) is -0.464. The van der Waals surface area contributed by atoms with Crippen LogP contribution in [0, 0.1) is 0 Å². The minimum atomic E-state index is -1.84. The molecule has 1 N–H and O–H groups in total. The lowest BCUT2D eigenvalue weighted by Crippen LogP contribution is -2.65. The van der Waals surface area contributed by atoms with Gasteiger partial charge >= 0.3 is 5.97 Å². The van der Waals surface area contributed by atoms with Crippen LogP contribution in [0.25, 0.3) is 0 Å². The first-order valence-electron chi connectivity index (χ1n) is 5.67. The maximum absolute atomic E-state index is 11.0. The fourth-order valence-electron chi connectivity index (χ4n) is 1.65. The van der Waals surface area contributed by atoms with Gasteiger partial charge in [-0.25, -0.2) is 0 Å². The zero-order valence-corrected chi connectivity index (χ0v) is 12.1. The summed E-state index contributed by atoms with van der Waals surface area (Å²) in [4.78, 5) is 12.9. The van der Waals surface area contributed by atoms with Gasteiger partial charge in [0.1, 0.15) is 6.04 Å². The van der Waals surface area contributed by atoms with Crippen LogP contribution in [-0.4, -0.2) is 50.0 Å². The molecule has 1 aliphatic heterocycles. The van der Waals surface area contributed by atoms with E-state index in [-0.39, 0.29) is 11.1 Å². The Hall–Kier alpha value is -0.393. The van der Waals surface area contributed by atoms with Gasteiger partial charge in [-0.2, -0.15) is 0 Å². The molecule has 0 aromatic carbocycles. The van der Waals surface area contributed by atoms with Crippen molar-refractivity contribution in [2.45, 2.75) is 51.0 Å². The molecule has 5 heteroatoms. The molecule has 1 aliphatic rings. The highest BCUT2D eigenvalue weighted by Crippen LogP contribution is 2.39. The van der Waals surface area contributed by atoms with Gasteiger partial charge < -0.3 is 9.53 Å². The summed E-state index contributed by atoms with van der Waals surface area (Å²) in [6.45, 7) is 11.5. The van der Waals surface area contributed by atoms with Crippen LogP contribution in [-0.2, 0) is 9.22 Å². The van der Waals surface area contributed by atoms with Gasteiger partial charge in [0.25, 0.3) is 0 Å². The maximum atomic E-state index is 11.0. The van der Waals surface area contributed by atoms with Gasteiger partial charge in [-0.05, 0) is 25.2 Å². The first kappa shape index (κ1) is 13.7. The van der Waals surface area contributed by atoms with Crippen LogP contribution >= 0.6 is 0 Å². The minimum absolute atomic E-state index is 0.129. The first-order valence-corrected chi connectivity index (χ1v) is 8.58. The number of hydrogen-bond donors (Lipinski definition) is 1. The second-order valence-corrected chi connectivity index (χ2v) is 10.9. The van der Waals surface area contributed by atoms with Gasteiger partial charge in [0.15, 0.2) is 8.32 Å². The first-order chi connectivity index (χ1) is 7.06. The lowest BCUT2D eigenvalue weighted by molar-refractivity contribution is -0.156. The summed E-state index contributed by atoms with van der Waals surface area (Å²) in [6.07, 6.45) is -0.136. The molecule has 0 bridgehead atoms. The predicted molar refractivity (Wildman–Crippen MR) is 66.1 cm³/mol. The molecule has 1 rings (SSSR count). The Bertz CT molecular complexity index is 285. The number of carbonyl (C=O) groups is 1. The highest BCUT2D eigenvalue weighted by atomic mass is 28.4. The van der Waals surface area contributed by atoms with Gasteiger partial charge in [0.2, 0.25) is 0 Å². The average Bonchev–Trinajstić information content (AvgIpc) is 1.98. The van der Waals surface area contributed by atoms with Crippen molar-refractivity contribution in [1.29, 1.82) is 0 Å².